The Morgan fingerprint density at radius 3 is 2.22 bits per heavy atom. The number of aliphatic carboxylic acids is 1. The third kappa shape index (κ3) is 14.3. The first-order chi connectivity index (χ1) is 25.5. The zero-order valence-electron chi connectivity index (χ0n) is 30.8. The van der Waals surface area contributed by atoms with E-state index in [1.54, 1.807) is 27.7 Å². The Bertz CT molecular complexity index is 1430. The number of esters is 1. The summed E-state index contributed by atoms with van der Waals surface area (Å²) in [6.07, 6.45) is -8.33. The van der Waals surface area contributed by atoms with Gasteiger partial charge in [0.05, 0.1) is 18.3 Å². The van der Waals surface area contributed by atoms with Crippen molar-refractivity contribution in [1.29, 1.82) is 0 Å². The highest BCUT2D eigenvalue weighted by Gasteiger charge is 2.45. The van der Waals surface area contributed by atoms with Gasteiger partial charge >= 0.3 is 18.0 Å². The topological polar surface area (TPSA) is 317 Å². The van der Waals surface area contributed by atoms with Crippen LogP contribution in [0.25, 0.3) is 0 Å². The van der Waals surface area contributed by atoms with Crippen molar-refractivity contribution >= 4 is 41.4 Å². The Labute approximate surface area is 312 Å². The van der Waals surface area contributed by atoms with Crippen LogP contribution in [-0.2, 0) is 40.1 Å². The van der Waals surface area contributed by atoms with Gasteiger partial charge in [0.25, 0.3) is 0 Å². The minimum Gasteiger partial charge on any atom is -0.481 e. The van der Waals surface area contributed by atoms with Gasteiger partial charge in [-0.2, -0.15) is 0 Å². The number of primary amides is 1. The Hall–Kier alpha value is -4.60. The monoisotopic (exact) mass is 770 g/mol. The molecule has 0 radical (unpaired) electrons. The Morgan fingerprint density at radius 1 is 0.926 bits per heavy atom. The summed E-state index contributed by atoms with van der Waals surface area (Å²) in [4.78, 5) is 74.9. The van der Waals surface area contributed by atoms with Crippen molar-refractivity contribution in [3.8, 4) is 5.75 Å². The maximum Gasteiger partial charge on any atom is 0.312 e. The Balaban J connectivity index is 2.41. The van der Waals surface area contributed by atoms with Gasteiger partial charge in [-0.15, -0.1) is 0 Å². The van der Waals surface area contributed by atoms with Crippen molar-refractivity contribution in [2.24, 2.45) is 11.7 Å². The number of urea groups is 1. The molecule has 1 saturated heterocycles. The predicted molar refractivity (Wildman–Crippen MR) is 189 cm³/mol. The molecule has 54 heavy (non-hydrogen) atoms. The quantitative estimate of drug-likeness (QED) is 0.0457. The fourth-order valence-electron chi connectivity index (χ4n) is 5.31. The molecule has 0 aromatic heterocycles. The number of benzene rings is 1. The van der Waals surface area contributed by atoms with Crippen molar-refractivity contribution in [2.45, 2.75) is 115 Å². The number of aliphatic hydroxyl groups is 4. The number of carbonyl (C=O) groups is 6. The molecule has 1 heterocycles. The van der Waals surface area contributed by atoms with Crippen LogP contribution in [0.1, 0.15) is 65.4 Å². The summed E-state index contributed by atoms with van der Waals surface area (Å²) >= 11 is 0. The smallest absolute Gasteiger partial charge is 0.312 e. The molecule has 12 N–H and O–H groups in total. The standard InChI is InChI=1S/C34H54N6O14/c1-5-25(44)52-16-18-9-10-19(22(14-18)53-33-29(47)28(46)27(45)23(15-41)54-33)38-31(49)21(8-7-13-37-34(35)51)39-32(50)26(17(3)4)40-30(48)20(36-6-2)11-12-24(42)43/h9-10,14,17,20-21,23,26-29,33,36,41,45-47H,5-8,11-13,15-16H2,1-4H3,(H,38,49)(H,39,50)(H,40,48)(H,42,43)(H3,35,37,51)/t20-,21-,23+,26-,27+,28-,29+,33+/m0/s1. The van der Waals surface area contributed by atoms with Crippen molar-refractivity contribution < 1.29 is 68.5 Å². The molecule has 8 atom stereocenters. The number of rotatable bonds is 22. The number of carboxylic acid groups (broad SMARTS) is 1. The second kappa shape index (κ2) is 22.6. The highest BCUT2D eigenvalue weighted by Crippen LogP contribution is 2.31. The molecule has 1 fully saturated rings. The van der Waals surface area contributed by atoms with Crippen LogP contribution in [0.15, 0.2) is 18.2 Å². The number of carbonyl (C=O) groups excluding carboxylic acids is 5. The number of hydrogen-bond donors (Lipinski definition) is 11. The van der Waals surface area contributed by atoms with E-state index in [9.17, 15) is 49.2 Å². The molecule has 20 heteroatoms. The largest absolute Gasteiger partial charge is 0.481 e. The van der Waals surface area contributed by atoms with Gasteiger partial charge in [-0.1, -0.05) is 33.8 Å². The number of carboxylic acids is 1. The Morgan fingerprint density at radius 2 is 1.63 bits per heavy atom. The molecule has 0 spiro atoms. The number of nitrogens with one attached hydrogen (secondary N) is 5. The molecule has 2 rings (SSSR count). The van der Waals surface area contributed by atoms with Crippen LogP contribution < -0.4 is 37.1 Å². The van der Waals surface area contributed by atoms with E-state index in [-0.39, 0.29) is 56.7 Å². The van der Waals surface area contributed by atoms with Crippen molar-refractivity contribution in [3.63, 3.8) is 0 Å². The summed E-state index contributed by atoms with van der Waals surface area (Å²) in [5.41, 5.74) is 5.51. The van der Waals surface area contributed by atoms with E-state index in [2.05, 4.69) is 26.6 Å². The molecule has 20 nitrogen and oxygen atoms in total. The van der Waals surface area contributed by atoms with Gasteiger partial charge in [-0.05, 0) is 49.4 Å². The molecular formula is C34H54N6O14. The first-order valence-corrected chi connectivity index (χ1v) is 17.7. The number of anilines is 1. The molecule has 0 unspecified atom stereocenters. The van der Waals surface area contributed by atoms with Gasteiger partial charge in [0.2, 0.25) is 24.0 Å². The SMILES string of the molecule is CCN[C@@H](CCC(=O)O)C(=O)N[C@H](C(=O)N[C@@H](CCCNC(N)=O)C(=O)Nc1ccc(COC(=O)CC)cc1O[C@@H]1O[C@H](CO)[C@@H](O)[C@H](O)[C@H]1O)C(C)C. The van der Waals surface area contributed by atoms with E-state index >= 15 is 0 Å². The summed E-state index contributed by atoms with van der Waals surface area (Å²) in [5.74, 6) is -4.36. The number of hydrogen-bond acceptors (Lipinski definition) is 14. The van der Waals surface area contributed by atoms with Gasteiger partial charge in [-0.3, -0.25) is 24.0 Å². The van der Waals surface area contributed by atoms with Gasteiger partial charge < -0.3 is 72.1 Å². The molecular weight excluding hydrogens is 716 g/mol. The van der Waals surface area contributed by atoms with Gasteiger partial charge in [0.1, 0.15) is 48.9 Å². The molecule has 5 amide bonds. The summed E-state index contributed by atoms with van der Waals surface area (Å²) in [6, 6.07) is 0.0907. The highest BCUT2D eigenvalue weighted by atomic mass is 16.7. The van der Waals surface area contributed by atoms with Gasteiger partial charge in [-0.25, -0.2) is 4.79 Å². The van der Waals surface area contributed by atoms with Crippen LogP contribution in [0, 0.1) is 5.92 Å². The molecule has 1 aliphatic heterocycles. The van der Waals surface area contributed by atoms with Crippen LogP contribution in [0.3, 0.4) is 0 Å². The van der Waals surface area contributed by atoms with E-state index in [0.29, 0.717) is 12.1 Å². The van der Waals surface area contributed by atoms with Gasteiger partial charge in [0.15, 0.2) is 0 Å². The zero-order valence-corrected chi connectivity index (χ0v) is 30.8. The van der Waals surface area contributed by atoms with Crippen LogP contribution in [0.4, 0.5) is 10.5 Å². The van der Waals surface area contributed by atoms with E-state index < -0.39 is 97.0 Å². The second-order valence-corrected chi connectivity index (χ2v) is 12.9. The fourth-order valence-corrected chi connectivity index (χ4v) is 5.31. The predicted octanol–water partition coefficient (Wildman–Crippen LogP) is -1.83. The van der Waals surface area contributed by atoms with E-state index in [0.717, 1.165) is 0 Å². The van der Waals surface area contributed by atoms with Crippen molar-refractivity contribution in [2.75, 3.05) is 25.0 Å². The third-order valence-electron chi connectivity index (χ3n) is 8.35. The van der Waals surface area contributed by atoms with Crippen LogP contribution in [-0.4, -0.2) is 130 Å². The number of aliphatic hydroxyl groups excluding tert-OH is 4. The lowest BCUT2D eigenvalue weighted by Crippen LogP contribution is -2.60. The Kier molecular flexibility index (Phi) is 19.0. The van der Waals surface area contributed by atoms with Crippen molar-refractivity contribution in [1.82, 2.24) is 21.3 Å². The number of nitrogens with two attached hydrogens (primary N) is 1. The molecule has 0 saturated carbocycles. The average molecular weight is 771 g/mol. The molecule has 304 valence electrons. The summed E-state index contributed by atoms with van der Waals surface area (Å²) in [5, 5.41) is 63.1. The lowest BCUT2D eigenvalue weighted by molar-refractivity contribution is -0.277. The number of ether oxygens (including phenoxy) is 3. The summed E-state index contributed by atoms with van der Waals surface area (Å²) < 4.78 is 16.5. The van der Waals surface area contributed by atoms with Gasteiger partial charge in [0, 0.05) is 19.4 Å². The fraction of sp³-hybridized carbons (Fsp3) is 0.647. The van der Waals surface area contributed by atoms with Crippen LogP contribution in [0.2, 0.25) is 0 Å². The average Bonchev–Trinajstić information content (AvgIpc) is 3.12. The first-order valence-electron chi connectivity index (χ1n) is 17.7. The summed E-state index contributed by atoms with van der Waals surface area (Å²) in [6.45, 7) is 6.13. The lowest BCUT2D eigenvalue weighted by Gasteiger charge is -2.39. The van der Waals surface area contributed by atoms with Crippen molar-refractivity contribution in [3.05, 3.63) is 23.8 Å². The minimum atomic E-state index is -1.81. The van der Waals surface area contributed by atoms with E-state index in [4.69, 9.17) is 25.1 Å². The maximum atomic E-state index is 13.9. The molecule has 1 aromatic rings. The normalized spacial score (nSPS) is 21.2. The highest BCUT2D eigenvalue weighted by molar-refractivity contribution is 5.99. The third-order valence-corrected chi connectivity index (χ3v) is 8.35. The van der Waals surface area contributed by atoms with E-state index in [1.165, 1.54) is 18.2 Å². The van der Waals surface area contributed by atoms with E-state index in [1.807, 2.05) is 0 Å². The summed E-state index contributed by atoms with van der Waals surface area (Å²) in [7, 11) is 0. The number of amides is 5. The maximum absolute atomic E-state index is 13.9. The minimum absolute atomic E-state index is 0.0299. The van der Waals surface area contributed by atoms with Crippen LogP contribution in [0.5, 0.6) is 5.75 Å². The van der Waals surface area contributed by atoms with Crippen LogP contribution >= 0.6 is 0 Å². The number of likely N-dealkylation sites (N-methyl/N-ethyl adjacent to an activating group) is 1. The second-order valence-electron chi connectivity index (χ2n) is 12.9. The lowest BCUT2D eigenvalue weighted by atomic mass is 9.99. The molecule has 1 aromatic carbocycles. The molecule has 0 bridgehead atoms. The molecule has 0 aliphatic carbocycles. The molecule has 1 aliphatic rings. The zero-order chi connectivity index (χ0) is 40.5. The first kappa shape index (κ1) is 45.6.